The molecule has 0 saturated heterocycles. The van der Waals surface area contributed by atoms with Crippen molar-refractivity contribution in [2.45, 2.75) is 39.3 Å². The first-order chi connectivity index (χ1) is 8.49. The lowest BCUT2D eigenvalue weighted by molar-refractivity contribution is -0.129. The maximum absolute atomic E-state index is 11.6. The van der Waals surface area contributed by atoms with Crippen LogP contribution in [0.1, 0.15) is 38.8 Å². The van der Waals surface area contributed by atoms with Gasteiger partial charge in [-0.3, -0.25) is 9.59 Å². The van der Waals surface area contributed by atoms with E-state index in [4.69, 9.17) is 0 Å². The molecule has 0 heterocycles. The fourth-order valence-corrected chi connectivity index (χ4v) is 1.64. The molecule has 18 heavy (non-hydrogen) atoms. The fourth-order valence-electron chi connectivity index (χ4n) is 1.64. The first-order valence-corrected chi connectivity index (χ1v) is 6.12. The van der Waals surface area contributed by atoms with Gasteiger partial charge in [0.2, 0.25) is 11.8 Å². The van der Waals surface area contributed by atoms with E-state index in [0.717, 1.165) is 5.56 Å². The molecule has 0 bridgehead atoms. The number of nitrogens with one attached hydrogen (secondary N) is 2. The monoisotopic (exact) mass is 248 g/mol. The van der Waals surface area contributed by atoms with Crippen LogP contribution in [-0.4, -0.2) is 17.9 Å². The number of hydrogen-bond acceptors (Lipinski definition) is 2. The van der Waals surface area contributed by atoms with Gasteiger partial charge < -0.3 is 10.6 Å². The topological polar surface area (TPSA) is 58.2 Å². The molecule has 1 unspecified atom stereocenters. The molecule has 0 aliphatic carbocycles. The molecular weight excluding hydrogens is 228 g/mol. The Bertz CT molecular complexity index is 402. The average molecular weight is 248 g/mol. The lowest BCUT2D eigenvalue weighted by atomic mass is 10.1. The third kappa shape index (κ3) is 4.99. The van der Waals surface area contributed by atoms with Crippen LogP contribution in [-0.2, 0) is 9.59 Å². The van der Waals surface area contributed by atoms with Crippen molar-refractivity contribution in [3.05, 3.63) is 35.9 Å². The molecule has 2 N–H and O–H groups in total. The second kappa shape index (κ2) is 6.79. The van der Waals surface area contributed by atoms with Crippen LogP contribution in [0.25, 0.3) is 0 Å². The molecule has 0 radical (unpaired) electrons. The van der Waals surface area contributed by atoms with E-state index in [1.807, 2.05) is 51.1 Å². The van der Waals surface area contributed by atoms with Crippen molar-refractivity contribution in [3.8, 4) is 0 Å². The van der Waals surface area contributed by atoms with Gasteiger partial charge in [0.25, 0.3) is 0 Å². The van der Waals surface area contributed by atoms with Crippen LogP contribution < -0.4 is 10.6 Å². The summed E-state index contributed by atoms with van der Waals surface area (Å²) in [5.41, 5.74) is 1.02. The van der Waals surface area contributed by atoms with Crippen molar-refractivity contribution < 1.29 is 9.59 Å². The second-order valence-electron chi connectivity index (χ2n) is 4.60. The Hall–Kier alpha value is -1.84. The van der Waals surface area contributed by atoms with Crippen molar-refractivity contribution >= 4 is 11.8 Å². The minimum atomic E-state index is -0.260. The number of carbonyl (C=O) groups is 2. The predicted octanol–water partition coefficient (Wildman–Crippen LogP) is 1.78. The van der Waals surface area contributed by atoms with E-state index in [1.54, 1.807) is 0 Å². The lowest BCUT2D eigenvalue weighted by Crippen LogP contribution is -2.36. The Morgan fingerprint density at radius 2 is 1.56 bits per heavy atom. The Morgan fingerprint density at radius 1 is 1.00 bits per heavy atom. The van der Waals surface area contributed by atoms with E-state index in [-0.39, 0.29) is 30.3 Å². The Kier molecular flexibility index (Phi) is 5.36. The van der Waals surface area contributed by atoms with Gasteiger partial charge >= 0.3 is 0 Å². The molecule has 1 rings (SSSR count). The van der Waals surface area contributed by atoms with Gasteiger partial charge in [0.15, 0.2) is 0 Å². The van der Waals surface area contributed by atoms with Crippen molar-refractivity contribution in [3.63, 3.8) is 0 Å². The van der Waals surface area contributed by atoms with Gasteiger partial charge in [0, 0.05) is 6.04 Å². The Morgan fingerprint density at radius 3 is 2.11 bits per heavy atom. The Balaban J connectivity index is 2.43. The average Bonchev–Trinajstić information content (AvgIpc) is 2.28. The first kappa shape index (κ1) is 14.2. The van der Waals surface area contributed by atoms with E-state index >= 15 is 0 Å². The molecule has 1 aromatic rings. The largest absolute Gasteiger partial charge is 0.353 e. The van der Waals surface area contributed by atoms with E-state index in [2.05, 4.69) is 10.6 Å². The van der Waals surface area contributed by atoms with Gasteiger partial charge in [-0.25, -0.2) is 0 Å². The second-order valence-corrected chi connectivity index (χ2v) is 4.60. The minimum Gasteiger partial charge on any atom is -0.353 e. The molecule has 98 valence electrons. The number of rotatable bonds is 5. The van der Waals surface area contributed by atoms with Crippen molar-refractivity contribution in [1.29, 1.82) is 0 Å². The standard InChI is InChI=1S/C14H20N2O2/c1-10(2)15-13(17)9-14(18)16-11(3)12-7-5-4-6-8-12/h4-8,10-11H,9H2,1-3H3,(H,15,17)(H,16,18). The lowest BCUT2D eigenvalue weighted by Gasteiger charge is -2.14. The summed E-state index contributed by atoms with van der Waals surface area (Å²) in [5.74, 6) is -0.507. The number of amides is 2. The summed E-state index contributed by atoms with van der Waals surface area (Å²) in [6, 6.07) is 9.61. The van der Waals surface area contributed by atoms with Gasteiger partial charge in [0.05, 0.1) is 6.04 Å². The minimum absolute atomic E-state index is 0.0526. The molecule has 4 nitrogen and oxygen atoms in total. The summed E-state index contributed by atoms with van der Waals surface area (Å²) in [5, 5.41) is 5.49. The molecule has 0 saturated carbocycles. The van der Waals surface area contributed by atoms with E-state index in [0.29, 0.717) is 0 Å². The van der Waals surface area contributed by atoms with Gasteiger partial charge in [-0.15, -0.1) is 0 Å². The molecule has 0 spiro atoms. The predicted molar refractivity (Wildman–Crippen MR) is 70.9 cm³/mol. The fraction of sp³-hybridized carbons (Fsp3) is 0.429. The highest BCUT2D eigenvalue weighted by Gasteiger charge is 2.13. The van der Waals surface area contributed by atoms with Crippen LogP contribution in [0.4, 0.5) is 0 Å². The van der Waals surface area contributed by atoms with Gasteiger partial charge in [0.1, 0.15) is 6.42 Å². The van der Waals surface area contributed by atoms with Crippen LogP contribution in [0, 0.1) is 0 Å². The van der Waals surface area contributed by atoms with Crippen LogP contribution in [0.2, 0.25) is 0 Å². The molecule has 2 amide bonds. The molecule has 0 fully saturated rings. The van der Waals surface area contributed by atoms with Crippen molar-refractivity contribution in [2.24, 2.45) is 0 Å². The molecular formula is C14H20N2O2. The third-order valence-electron chi connectivity index (χ3n) is 2.45. The highest BCUT2D eigenvalue weighted by molar-refractivity contribution is 5.97. The molecule has 1 aromatic carbocycles. The van der Waals surface area contributed by atoms with Crippen LogP contribution in [0.15, 0.2) is 30.3 Å². The van der Waals surface area contributed by atoms with Crippen LogP contribution >= 0.6 is 0 Å². The highest BCUT2D eigenvalue weighted by Crippen LogP contribution is 2.10. The zero-order valence-electron chi connectivity index (χ0n) is 11.1. The van der Waals surface area contributed by atoms with Gasteiger partial charge in [-0.1, -0.05) is 30.3 Å². The zero-order chi connectivity index (χ0) is 13.5. The third-order valence-corrected chi connectivity index (χ3v) is 2.45. The van der Waals surface area contributed by atoms with Gasteiger partial charge in [-0.05, 0) is 26.3 Å². The summed E-state index contributed by atoms with van der Waals surface area (Å²) in [6.07, 6.45) is -0.130. The zero-order valence-corrected chi connectivity index (χ0v) is 11.1. The molecule has 0 aliphatic rings. The van der Waals surface area contributed by atoms with Gasteiger partial charge in [-0.2, -0.15) is 0 Å². The van der Waals surface area contributed by atoms with E-state index < -0.39 is 0 Å². The first-order valence-electron chi connectivity index (χ1n) is 6.12. The van der Waals surface area contributed by atoms with Crippen LogP contribution in [0.3, 0.4) is 0 Å². The summed E-state index contributed by atoms with van der Waals surface area (Å²) < 4.78 is 0. The molecule has 1 atom stereocenters. The maximum atomic E-state index is 11.6. The van der Waals surface area contributed by atoms with Crippen LogP contribution in [0.5, 0.6) is 0 Å². The highest BCUT2D eigenvalue weighted by atomic mass is 16.2. The molecule has 0 aromatic heterocycles. The summed E-state index contributed by atoms with van der Waals surface area (Å²) in [4.78, 5) is 23.1. The quantitative estimate of drug-likeness (QED) is 0.780. The summed E-state index contributed by atoms with van der Waals surface area (Å²) >= 11 is 0. The summed E-state index contributed by atoms with van der Waals surface area (Å²) in [6.45, 7) is 5.62. The number of benzene rings is 1. The smallest absolute Gasteiger partial charge is 0.229 e. The number of hydrogen-bond donors (Lipinski definition) is 2. The molecule has 0 aliphatic heterocycles. The maximum Gasteiger partial charge on any atom is 0.229 e. The van der Waals surface area contributed by atoms with E-state index in [1.165, 1.54) is 0 Å². The van der Waals surface area contributed by atoms with Crippen molar-refractivity contribution in [2.75, 3.05) is 0 Å². The normalized spacial score (nSPS) is 12.0. The Labute approximate surface area is 108 Å². The molecule has 4 heteroatoms. The number of carbonyl (C=O) groups excluding carboxylic acids is 2. The van der Waals surface area contributed by atoms with Crippen molar-refractivity contribution in [1.82, 2.24) is 10.6 Å². The SMILES string of the molecule is CC(C)NC(=O)CC(=O)NC(C)c1ccccc1. The van der Waals surface area contributed by atoms with E-state index in [9.17, 15) is 9.59 Å². The summed E-state index contributed by atoms with van der Waals surface area (Å²) in [7, 11) is 0.